The van der Waals surface area contributed by atoms with E-state index in [0.29, 0.717) is 10.6 Å². The molecule has 1 rings (SSSR count). The van der Waals surface area contributed by atoms with E-state index < -0.39 is 6.10 Å². The molecule has 2 nitrogen and oxygen atoms in total. The molecule has 0 aliphatic heterocycles. The summed E-state index contributed by atoms with van der Waals surface area (Å²) >= 11 is 5.75. The van der Waals surface area contributed by atoms with Crippen molar-refractivity contribution in [3.05, 3.63) is 34.9 Å². The van der Waals surface area contributed by atoms with Gasteiger partial charge in [-0.3, -0.25) is 4.79 Å². The Labute approximate surface area is 75.8 Å². The number of halogens is 1. The molecule has 1 atom stereocenters. The zero-order chi connectivity index (χ0) is 9.14. The number of aliphatic hydroxyl groups is 1. The topological polar surface area (TPSA) is 37.3 Å². The van der Waals surface area contributed by atoms with Gasteiger partial charge in [0.05, 0.1) is 0 Å². The minimum absolute atomic E-state index is 0.303. The summed E-state index contributed by atoms with van der Waals surface area (Å²) in [5.41, 5.74) is 0.465. The lowest BCUT2D eigenvalue weighted by Gasteiger charge is -2.07. The summed E-state index contributed by atoms with van der Waals surface area (Å²) < 4.78 is 0. The van der Waals surface area contributed by atoms with Crippen molar-refractivity contribution < 1.29 is 9.90 Å². The van der Waals surface area contributed by atoms with Crippen molar-refractivity contribution in [2.24, 2.45) is 0 Å². The van der Waals surface area contributed by atoms with E-state index in [-0.39, 0.29) is 5.78 Å². The Bertz CT molecular complexity index is 296. The molecule has 1 aromatic carbocycles. The molecule has 0 aliphatic rings. The molecule has 1 unspecified atom stereocenters. The largest absolute Gasteiger partial charge is 0.381 e. The fourth-order valence-electron chi connectivity index (χ4n) is 0.916. The van der Waals surface area contributed by atoms with Gasteiger partial charge >= 0.3 is 0 Å². The van der Waals surface area contributed by atoms with E-state index in [1.165, 1.54) is 6.92 Å². The monoisotopic (exact) mass is 184 g/mol. The maximum Gasteiger partial charge on any atom is 0.162 e. The van der Waals surface area contributed by atoms with Crippen molar-refractivity contribution in [3.8, 4) is 0 Å². The summed E-state index contributed by atoms with van der Waals surface area (Å²) in [6.45, 7) is 1.33. The fraction of sp³-hybridized carbons (Fsp3) is 0.222. The van der Waals surface area contributed by atoms with E-state index in [2.05, 4.69) is 0 Å². The van der Waals surface area contributed by atoms with E-state index >= 15 is 0 Å². The van der Waals surface area contributed by atoms with Crippen molar-refractivity contribution in [2.75, 3.05) is 0 Å². The zero-order valence-corrected chi connectivity index (χ0v) is 7.38. The van der Waals surface area contributed by atoms with Crippen LogP contribution < -0.4 is 0 Å². The second-order valence-corrected chi connectivity index (χ2v) is 2.94. The number of benzene rings is 1. The van der Waals surface area contributed by atoms with Gasteiger partial charge in [-0.25, -0.2) is 0 Å². The highest BCUT2D eigenvalue weighted by molar-refractivity contribution is 6.31. The van der Waals surface area contributed by atoms with Crippen molar-refractivity contribution in [1.29, 1.82) is 0 Å². The molecular formula is C9H9ClO2. The molecule has 1 N–H and O–H groups in total. The highest BCUT2D eigenvalue weighted by atomic mass is 35.5. The van der Waals surface area contributed by atoms with Gasteiger partial charge in [-0.2, -0.15) is 0 Å². The summed E-state index contributed by atoms with van der Waals surface area (Å²) in [5, 5.41) is 9.76. The number of hydrogen-bond acceptors (Lipinski definition) is 2. The molecule has 0 amide bonds. The van der Waals surface area contributed by atoms with E-state index in [4.69, 9.17) is 11.6 Å². The first-order valence-corrected chi connectivity index (χ1v) is 3.93. The Hall–Kier alpha value is -0.860. The van der Waals surface area contributed by atoms with Crippen molar-refractivity contribution in [1.82, 2.24) is 0 Å². The Morgan fingerprint density at radius 1 is 1.50 bits per heavy atom. The smallest absolute Gasteiger partial charge is 0.162 e. The van der Waals surface area contributed by atoms with Crippen LogP contribution in [0.1, 0.15) is 18.6 Å². The van der Waals surface area contributed by atoms with Crippen LogP contribution in [0, 0.1) is 0 Å². The van der Waals surface area contributed by atoms with Gasteiger partial charge in [0.1, 0.15) is 6.10 Å². The van der Waals surface area contributed by atoms with Gasteiger partial charge in [-0.15, -0.1) is 0 Å². The molecule has 0 fully saturated rings. The third kappa shape index (κ3) is 1.84. The number of aliphatic hydroxyl groups excluding tert-OH is 1. The lowest BCUT2D eigenvalue weighted by molar-refractivity contribution is -0.125. The van der Waals surface area contributed by atoms with Gasteiger partial charge in [0.2, 0.25) is 0 Å². The molecule has 0 aromatic heterocycles. The minimum Gasteiger partial charge on any atom is -0.381 e. The lowest BCUT2D eigenvalue weighted by atomic mass is 10.1. The quantitative estimate of drug-likeness (QED) is 0.763. The Balaban J connectivity index is 3.02. The van der Waals surface area contributed by atoms with Crippen LogP contribution in [0.3, 0.4) is 0 Å². The van der Waals surface area contributed by atoms with Gasteiger partial charge in [0.25, 0.3) is 0 Å². The molecule has 3 heteroatoms. The van der Waals surface area contributed by atoms with Crippen molar-refractivity contribution in [3.63, 3.8) is 0 Å². The van der Waals surface area contributed by atoms with Crippen LogP contribution in [0.2, 0.25) is 5.02 Å². The second-order valence-electron chi connectivity index (χ2n) is 2.53. The molecular weight excluding hydrogens is 176 g/mol. The first-order valence-electron chi connectivity index (χ1n) is 3.56. The fourth-order valence-corrected chi connectivity index (χ4v) is 1.15. The molecule has 0 aliphatic carbocycles. The summed E-state index contributed by atoms with van der Waals surface area (Å²) in [7, 11) is 0. The van der Waals surface area contributed by atoms with Crippen molar-refractivity contribution in [2.45, 2.75) is 13.0 Å². The highest BCUT2D eigenvalue weighted by Crippen LogP contribution is 2.22. The number of Topliss-reactive ketones (excluding diaryl/α,β-unsaturated/α-hetero) is 1. The third-order valence-electron chi connectivity index (χ3n) is 1.58. The second kappa shape index (κ2) is 3.70. The third-order valence-corrected chi connectivity index (χ3v) is 1.93. The molecule has 64 valence electrons. The molecule has 0 bridgehead atoms. The summed E-state index contributed by atoms with van der Waals surface area (Å²) in [4.78, 5) is 10.8. The van der Waals surface area contributed by atoms with Gasteiger partial charge < -0.3 is 5.11 Å². The first kappa shape index (κ1) is 9.23. The SMILES string of the molecule is CC(=O)C(O)c1ccccc1Cl. The molecule has 0 heterocycles. The Kier molecular flexibility index (Phi) is 2.84. The van der Waals surface area contributed by atoms with E-state index in [1.54, 1.807) is 24.3 Å². The van der Waals surface area contributed by atoms with Gasteiger partial charge in [0, 0.05) is 10.6 Å². The van der Waals surface area contributed by atoms with Crippen LogP contribution in [0.25, 0.3) is 0 Å². The maximum atomic E-state index is 10.8. The average Bonchev–Trinajstić information content (AvgIpc) is 2.04. The van der Waals surface area contributed by atoms with Crippen LogP contribution in [0.4, 0.5) is 0 Å². The van der Waals surface area contributed by atoms with Crippen LogP contribution in [0.5, 0.6) is 0 Å². The standard InChI is InChI=1S/C9H9ClO2/c1-6(11)9(12)7-4-2-3-5-8(7)10/h2-5,9,12H,1H3. The normalized spacial score (nSPS) is 12.6. The number of ketones is 1. The van der Waals surface area contributed by atoms with Gasteiger partial charge in [-0.1, -0.05) is 29.8 Å². The highest BCUT2D eigenvalue weighted by Gasteiger charge is 2.14. The van der Waals surface area contributed by atoms with Crippen LogP contribution in [-0.4, -0.2) is 10.9 Å². The van der Waals surface area contributed by atoms with Crippen LogP contribution >= 0.6 is 11.6 Å². The Morgan fingerprint density at radius 2 is 2.08 bits per heavy atom. The summed E-state index contributed by atoms with van der Waals surface area (Å²) in [5.74, 6) is -0.303. The van der Waals surface area contributed by atoms with E-state index in [9.17, 15) is 9.90 Å². The molecule has 12 heavy (non-hydrogen) atoms. The molecule has 0 spiro atoms. The van der Waals surface area contributed by atoms with Gasteiger partial charge in [0.15, 0.2) is 5.78 Å². The lowest BCUT2D eigenvalue weighted by Crippen LogP contribution is -2.07. The molecule has 1 aromatic rings. The number of carbonyl (C=O) groups is 1. The minimum atomic E-state index is -1.10. The number of hydrogen-bond donors (Lipinski definition) is 1. The summed E-state index contributed by atoms with van der Waals surface area (Å²) in [6.07, 6.45) is -1.10. The number of rotatable bonds is 2. The number of carbonyl (C=O) groups excluding carboxylic acids is 1. The predicted molar refractivity (Wildman–Crippen MR) is 47.1 cm³/mol. The van der Waals surface area contributed by atoms with Crippen LogP contribution in [0.15, 0.2) is 24.3 Å². The van der Waals surface area contributed by atoms with E-state index in [0.717, 1.165) is 0 Å². The van der Waals surface area contributed by atoms with Crippen molar-refractivity contribution >= 4 is 17.4 Å². The predicted octanol–water partition coefficient (Wildman–Crippen LogP) is 1.96. The van der Waals surface area contributed by atoms with Crippen LogP contribution in [-0.2, 0) is 4.79 Å². The summed E-state index contributed by atoms with van der Waals surface area (Å²) in [6, 6.07) is 6.75. The maximum absolute atomic E-state index is 10.8. The molecule has 0 saturated heterocycles. The van der Waals surface area contributed by atoms with E-state index in [1.807, 2.05) is 0 Å². The zero-order valence-electron chi connectivity index (χ0n) is 6.62. The average molecular weight is 185 g/mol. The first-order chi connectivity index (χ1) is 5.63. The molecule has 0 radical (unpaired) electrons. The molecule has 0 saturated carbocycles. The van der Waals surface area contributed by atoms with Gasteiger partial charge in [-0.05, 0) is 13.0 Å². The Morgan fingerprint density at radius 3 is 2.58 bits per heavy atom.